The van der Waals surface area contributed by atoms with E-state index in [2.05, 4.69) is 16.4 Å². The molecule has 0 radical (unpaired) electrons. The smallest absolute Gasteiger partial charge is 0.267 e. The Morgan fingerprint density at radius 1 is 1.46 bits per heavy atom. The van der Waals surface area contributed by atoms with E-state index in [0.29, 0.717) is 29.6 Å². The van der Waals surface area contributed by atoms with Gasteiger partial charge >= 0.3 is 0 Å². The first-order chi connectivity index (χ1) is 11.7. The molecule has 1 amide bonds. The minimum absolute atomic E-state index is 0.0399. The summed E-state index contributed by atoms with van der Waals surface area (Å²) in [6.45, 7) is 0.577. The van der Waals surface area contributed by atoms with E-state index in [1.165, 1.54) is 34.3 Å². The van der Waals surface area contributed by atoms with Crippen molar-refractivity contribution in [3.8, 4) is 6.07 Å². The van der Waals surface area contributed by atoms with Crippen LogP contribution in [0.25, 0.3) is 0 Å². The van der Waals surface area contributed by atoms with Gasteiger partial charge in [0.15, 0.2) is 5.16 Å². The maximum Gasteiger partial charge on any atom is 0.267 e. The molecule has 2 heterocycles. The Hall–Kier alpha value is -2.24. The summed E-state index contributed by atoms with van der Waals surface area (Å²) in [6.07, 6.45) is 1.77. The van der Waals surface area contributed by atoms with Crippen molar-refractivity contribution in [3.05, 3.63) is 46.4 Å². The molecule has 0 atom stereocenters. The fraction of sp³-hybridized carbons (Fsp3) is 0.250. The van der Waals surface area contributed by atoms with Crippen molar-refractivity contribution in [2.45, 2.75) is 23.0 Å². The Morgan fingerprint density at radius 2 is 2.29 bits per heavy atom. The molecule has 0 unspecified atom stereocenters. The van der Waals surface area contributed by atoms with Crippen LogP contribution in [-0.4, -0.2) is 27.0 Å². The van der Waals surface area contributed by atoms with Gasteiger partial charge in [-0.1, -0.05) is 23.9 Å². The number of nitriles is 1. The SMILES string of the molecule is N#CCCSc1ccccc1NC(=O)c1cnc2n(c1=O)CCS2. The van der Waals surface area contributed by atoms with Crippen molar-refractivity contribution < 1.29 is 4.79 Å². The summed E-state index contributed by atoms with van der Waals surface area (Å²) in [5.74, 6) is 0.975. The predicted molar refractivity (Wildman–Crippen MR) is 94.6 cm³/mol. The molecule has 1 aliphatic heterocycles. The van der Waals surface area contributed by atoms with Gasteiger partial charge in [-0.15, -0.1) is 11.8 Å². The Kier molecular flexibility index (Phi) is 5.23. The summed E-state index contributed by atoms with van der Waals surface area (Å²) in [5.41, 5.74) is 0.361. The molecule has 0 fully saturated rings. The highest BCUT2D eigenvalue weighted by Gasteiger charge is 2.20. The molecule has 0 aliphatic carbocycles. The van der Waals surface area contributed by atoms with E-state index >= 15 is 0 Å². The maximum absolute atomic E-state index is 12.5. The van der Waals surface area contributed by atoms with Gasteiger partial charge in [-0.3, -0.25) is 14.2 Å². The van der Waals surface area contributed by atoms with Crippen LogP contribution in [0.1, 0.15) is 16.8 Å². The molecule has 3 rings (SSSR count). The second-order valence-electron chi connectivity index (χ2n) is 4.97. The van der Waals surface area contributed by atoms with E-state index in [1.807, 2.05) is 18.2 Å². The van der Waals surface area contributed by atoms with Crippen LogP contribution < -0.4 is 10.9 Å². The highest BCUT2D eigenvalue weighted by atomic mass is 32.2. The minimum Gasteiger partial charge on any atom is -0.321 e. The highest BCUT2D eigenvalue weighted by molar-refractivity contribution is 7.99. The lowest BCUT2D eigenvalue weighted by molar-refractivity contribution is 0.102. The molecule has 6 nitrogen and oxygen atoms in total. The summed E-state index contributed by atoms with van der Waals surface area (Å²) >= 11 is 3.00. The monoisotopic (exact) mass is 358 g/mol. The normalized spacial score (nSPS) is 12.5. The molecule has 0 saturated heterocycles. The van der Waals surface area contributed by atoms with Gasteiger partial charge < -0.3 is 5.32 Å². The lowest BCUT2D eigenvalue weighted by Gasteiger charge is -2.10. The first-order valence-electron chi connectivity index (χ1n) is 7.33. The standard InChI is InChI=1S/C16H14N4O2S2/c17-6-3-8-23-13-5-2-1-4-12(13)19-14(21)11-10-18-16-20(15(11)22)7-9-24-16/h1-2,4-5,10H,3,7-9H2,(H,19,21). The van der Waals surface area contributed by atoms with Crippen LogP contribution in [0, 0.1) is 11.3 Å². The number of anilines is 1. The van der Waals surface area contributed by atoms with Crippen molar-refractivity contribution >= 4 is 35.1 Å². The number of aromatic nitrogens is 2. The Labute approximate surface area is 147 Å². The largest absolute Gasteiger partial charge is 0.321 e. The Bertz CT molecular complexity index is 873. The fourth-order valence-electron chi connectivity index (χ4n) is 2.27. The van der Waals surface area contributed by atoms with E-state index in [0.717, 1.165) is 10.6 Å². The maximum atomic E-state index is 12.5. The molecule has 1 aromatic carbocycles. The van der Waals surface area contributed by atoms with Gasteiger partial charge in [-0.25, -0.2) is 4.98 Å². The summed E-state index contributed by atoms with van der Waals surface area (Å²) < 4.78 is 1.53. The Morgan fingerprint density at radius 3 is 3.12 bits per heavy atom. The quantitative estimate of drug-likeness (QED) is 0.502. The lowest BCUT2D eigenvalue weighted by atomic mass is 10.2. The molecule has 2 aromatic rings. The van der Waals surface area contributed by atoms with Gasteiger partial charge in [0.1, 0.15) is 5.56 Å². The van der Waals surface area contributed by atoms with Gasteiger partial charge in [0.05, 0.1) is 11.8 Å². The van der Waals surface area contributed by atoms with Crippen molar-refractivity contribution in [1.29, 1.82) is 5.26 Å². The summed E-state index contributed by atoms with van der Waals surface area (Å²) in [4.78, 5) is 29.9. The molecule has 122 valence electrons. The number of hydrogen-bond acceptors (Lipinski definition) is 6. The van der Waals surface area contributed by atoms with E-state index in [9.17, 15) is 9.59 Å². The number of nitrogens with zero attached hydrogens (tertiary/aromatic N) is 3. The third-order valence-electron chi connectivity index (χ3n) is 3.41. The minimum atomic E-state index is -0.465. The zero-order valence-corrected chi connectivity index (χ0v) is 14.3. The number of rotatable bonds is 5. The molecule has 24 heavy (non-hydrogen) atoms. The predicted octanol–water partition coefficient (Wildman–Crippen LogP) is 2.61. The number of amides is 1. The van der Waals surface area contributed by atoms with Crippen LogP contribution in [0.15, 0.2) is 45.3 Å². The van der Waals surface area contributed by atoms with Gasteiger partial charge in [-0.2, -0.15) is 5.26 Å². The average molecular weight is 358 g/mol. The zero-order valence-electron chi connectivity index (χ0n) is 12.7. The Balaban J connectivity index is 1.81. The van der Waals surface area contributed by atoms with Crippen molar-refractivity contribution in [2.24, 2.45) is 0 Å². The number of carbonyl (C=O) groups excluding carboxylic acids is 1. The number of nitrogens with one attached hydrogen (secondary N) is 1. The molecule has 8 heteroatoms. The van der Waals surface area contributed by atoms with Gasteiger partial charge in [-0.05, 0) is 12.1 Å². The average Bonchev–Trinajstić information content (AvgIpc) is 3.06. The topological polar surface area (TPSA) is 87.8 Å². The fourth-order valence-corrected chi connectivity index (χ4v) is 4.04. The zero-order chi connectivity index (χ0) is 16.9. The second kappa shape index (κ2) is 7.55. The van der Waals surface area contributed by atoms with Gasteiger partial charge in [0, 0.05) is 35.6 Å². The van der Waals surface area contributed by atoms with Crippen LogP contribution in [0.5, 0.6) is 0 Å². The molecule has 1 aromatic heterocycles. The van der Waals surface area contributed by atoms with E-state index in [4.69, 9.17) is 5.26 Å². The number of benzene rings is 1. The second-order valence-corrected chi connectivity index (χ2v) is 7.17. The van der Waals surface area contributed by atoms with Crippen LogP contribution in [0.3, 0.4) is 0 Å². The molecule has 0 spiro atoms. The molecule has 0 saturated carbocycles. The highest BCUT2D eigenvalue weighted by Crippen LogP contribution is 2.27. The first-order valence-corrected chi connectivity index (χ1v) is 9.30. The first kappa shape index (κ1) is 16.6. The number of hydrogen-bond donors (Lipinski definition) is 1. The third kappa shape index (κ3) is 3.47. The van der Waals surface area contributed by atoms with Gasteiger partial charge in [0.2, 0.25) is 0 Å². The summed E-state index contributed by atoms with van der Waals surface area (Å²) in [7, 11) is 0. The van der Waals surface area contributed by atoms with Crippen LogP contribution in [0.4, 0.5) is 5.69 Å². The van der Waals surface area contributed by atoms with Crippen molar-refractivity contribution in [3.63, 3.8) is 0 Å². The molecule has 0 bridgehead atoms. The van der Waals surface area contributed by atoms with Crippen molar-refractivity contribution in [1.82, 2.24) is 9.55 Å². The summed E-state index contributed by atoms with van der Waals surface area (Å²) in [5, 5.41) is 12.1. The van der Waals surface area contributed by atoms with Crippen molar-refractivity contribution in [2.75, 3.05) is 16.8 Å². The van der Waals surface area contributed by atoms with E-state index < -0.39 is 5.91 Å². The van der Waals surface area contributed by atoms with Crippen LogP contribution in [-0.2, 0) is 6.54 Å². The van der Waals surface area contributed by atoms with E-state index in [-0.39, 0.29) is 11.1 Å². The van der Waals surface area contributed by atoms with Crippen LogP contribution in [0.2, 0.25) is 0 Å². The number of thioether (sulfide) groups is 2. The molecule has 1 N–H and O–H groups in total. The number of fused-ring (bicyclic) bond motifs is 1. The molecular formula is C16H14N4O2S2. The molecule has 1 aliphatic rings. The molecular weight excluding hydrogens is 344 g/mol. The van der Waals surface area contributed by atoms with E-state index in [1.54, 1.807) is 6.07 Å². The lowest BCUT2D eigenvalue weighted by Crippen LogP contribution is -2.29. The van der Waals surface area contributed by atoms with Crippen LogP contribution >= 0.6 is 23.5 Å². The third-order valence-corrected chi connectivity index (χ3v) is 5.45. The van der Waals surface area contributed by atoms with Gasteiger partial charge in [0.25, 0.3) is 11.5 Å². The number of para-hydroxylation sites is 1. The number of carbonyl (C=O) groups is 1. The summed E-state index contributed by atoms with van der Waals surface area (Å²) in [6, 6.07) is 9.43.